The van der Waals surface area contributed by atoms with Crippen LogP contribution in [0.25, 0.3) is 0 Å². The predicted molar refractivity (Wildman–Crippen MR) is 112 cm³/mol. The highest BCUT2D eigenvalue weighted by Crippen LogP contribution is 2.37. The Labute approximate surface area is 175 Å². The summed E-state index contributed by atoms with van der Waals surface area (Å²) in [7, 11) is 4.87. The first-order valence-electron chi connectivity index (χ1n) is 10.4. The molecule has 0 radical (unpaired) electrons. The van der Waals surface area contributed by atoms with Gasteiger partial charge in [0.1, 0.15) is 17.3 Å². The number of hydrogen-bond donors (Lipinski definition) is 1. The summed E-state index contributed by atoms with van der Waals surface area (Å²) < 4.78 is 13.9. The number of aryl methyl sites for hydroxylation is 1. The molecule has 2 aromatic rings. The minimum atomic E-state index is -0.0901. The normalized spacial score (nSPS) is 17.7. The van der Waals surface area contributed by atoms with Gasteiger partial charge in [-0.05, 0) is 50.9 Å². The fourth-order valence-electron chi connectivity index (χ4n) is 4.11. The Hall–Kier alpha value is -2.81. The summed E-state index contributed by atoms with van der Waals surface area (Å²) in [5.41, 5.74) is 0.584. The molecule has 0 unspecified atom stereocenters. The van der Waals surface area contributed by atoms with Gasteiger partial charge in [-0.3, -0.25) is 14.3 Å². The van der Waals surface area contributed by atoms with Gasteiger partial charge in [0.15, 0.2) is 0 Å². The Balaban J connectivity index is 1.35. The molecule has 9 heteroatoms. The number of carbonyl (C=O) groups excluding carboxylic acids is 1. The standard InChI is InChI=1S/C21H29N5O4/c1-24-21(28)26(15-4-5-15)20(23-24)14-8-10-25(11-9-14)13-19(27)22-17-12-16(29-2)6-7-18(17)30-3/h6-7,12,14-15H,4-5,8-11,13H2,1-3H3,(H,22,27). The van der Waals surface area contributed by atoms with E-state index in [-0.39, 0.29) is 17.5 Å². The summed E-state index contributed by atoms with van der Waals surface area (Å²) in [6.45, 7) is 1.90. The van der Waals surface area contributed by atoms with E-state index in [1.54, 1.807) is 39.5 Å². The summed E-state index contributed by atoms with van der Waals surface area (Å²) in [5.74, 6) is 2.33. The zero-order valence-electron chi connectivity index (χ0n) is 17.8. The lowest BCUT2D eigenvalue weighted by atomic mass is 9.96. The fourth-order valence-corrected chi connectivity index (χ4v) is 4.11. The third-order valence-electron chi connectivity index (χ3n) is 5.89. The molecule has 162 valence electrons. The molecule has 0 spiro atoms. The van der Waals surface area contributed by atoms with Crippen LogP contribution in [-0.2, 0) is 11.8 Å². The highest BCUT2D eigenvalue weighted by Gasteiger charge is 2.33. The molecule has 4 rings (SSSR count). The maximum Gasteiger partial charge on any atom is 0.345 e. The molecule has 1 aliphatic heterocycles. The minimum absolute atomic E-state index is 0.0125. The van der Waals surface area contributed by atoms with E-state index in [1.165, 1.54) is 4.68 Å². The van der Waals surface area contributed by atoms with E-state index in [0.29, 0.717) is 29.8 Å². The van der Waals surface area contributed by atoms with E-state index < -0.39 is 0 Å². The van der Waals surface area contributed by atoms with Crippen LogP contribution in [0, 0.1) is 0 Å². The molecule has 2 heterocycles. The van der Waals surface area contributed by atoms with Crippen LogP contribution in [0.5, 0.6) is 11.5 Å². The fraction of sp³-hybridized carbons (Fsp3) is 0.571. The molecule has 2 aliphatic rings. The van der Waals surface area contributed by atoms with Crippen LogP contribution in [0.4, 0.5) is 5.69 Å². The highest BCUT2D eigenvalue weighted by atomic mass is 16.5. The average molecular weight is 415 g/mol. The Kier molecular flexibility index (Phi) is 5.80. The second kappa shape index (κ2) is 8.51. The first kappa shape index (κ1) is 20.5. The van der Waals surface area contributed by atoms with Crippen molar-refractivity contribution < 1.29 is 14.3 Å². The lowest BCUT2D eigenvalue weighted by molar-refractivity contribution is -0.117. The van der Waals surface area contributed by atoms with E-state index >= 15 is 0 Å². The first-order valence-corrected chi connectivity index (χ1v) is 10.4. The van der Waals surface area contributed by atoms with E-state index in [4.69, 9.17) is 9.47 Å². The maximum absolute atomic E-state index is 12.6. The number of nitrogens with zero attached hydrogens (tertiary/aromatic N) is 4. The Bertz CT molecular complexity index is 970. The lowest BCUT2D eigenvalue weighted by Gasteiger charge is -2.31. The van der Waals surface area contributed by atoms with Gasteiger partial charge in [-0.2, -0.15) is 5.10 Å². The van der Waals surface area contributed by atoms with Crippen LogP contribution < -0.4 is 20.5 Å². The molecular formula is C21H29N5O4. The average Bonchev–Trinajstić information content (AvgIpc) is 3.54. The number of methoxy groups -OCH3 is 2. The summed E-state index contributed by atoms with van der Waals surface area (Å²) in [6, 6.07) is 5.63. The molecule has 1 amide bonds. The van der Waals surface area contributed by atoms with Gasteiger partial charge < -0.3 is 14.8 Å². The van der Waals surface area contributed by atoms with Crippen LogP contribution in [0.2, 0.25) is 0 Å². The van der Waals surface area contributed by atoms with Gasteiger partial charge in [0.2, 0.25) is 5.91 Å². The van der Waals surface area contributed by atoms with Gasteiger partial charge in [0, 0.05) is 25.1 Å². The molecule has 0 bridgehead atoms. The molecule has 1 aromatic heterocycles. The molecule has 30 heavy (non-hydrogen) atoms. The topological polar surface area (TPSA) is 90.6 Å². The number of likely N-dealkylation sites (tertiary alicyclic amines) is 1. The van der Waals surface area contributed by atoms with Crippen molar-refractivity contribution in [2.75, 3.05) is 39.2 Å². The van der Waals surface area contributed by atoms with E-state index in [0.717, 1.165) is 44.6 Å². The molecular weight excluding hydrogens is 386 g/mol. The van der Waals surface area contributed by atoms with Gasteiger partial charge in [0.05, 0.1) is 26.5 Å². The molecule has 0 atom stereocenters. The van der Waals surface area contributed by atoms with Gasteiger partial charge in [-0.25, -0.2) is 9.48 Å². The Morgan fingerprint density at radius 2 is 1.90 bits per heavy atom. The molecule has 1 saturated heterocycles. The van der Waals surface area contributed by atoms with Crippen molar-refractivity contribution in [3.05, 3.63) is 34.5 Å². The zero-order chi connectivity index (χ0) is 21.3. The number of hydrogen-bond acceptors (Lipinski definition) is 6. The third kappa shape index (κ3) is 4.21. The number of rotatable bonds is 7. The van der Waals surface area contributed by atoms with Crippen molar-refractivity contribution in [1.29, 1.82) is 0 Å². The number of nitrogens with one attached hydrogen (secondary N) is 1. The van der Waals surface area contributed by atoms with E-state index in [1.807, 2.05) is 4.57 Å². The number of amides is 1. The largest absolute Gasteiger partial charge is 0.497 e. The van der Waals surface area contributed by atoms with Crippen molar-refractivity contribution in [2.45, 2.75) is 37.6 Å². The third-order valence-corrected chi connectivity index (χ3v) is 5.89. The summed E-state index contributed by atoms with van der Waals surface area (Å²) >= 11 is 0. The van der Waals surface area contributed by atoms with Crippen molar-refractivity contribution >= 4 is 11.6 Å². The second-order valence-electron chi connectivity index (χ2n) is 8.03. The zero-order valence-corrected chi connectivity index (χ0v) is 17.8. The molecule has 1 N–H and O–H groups in total. The molecule has 1 aliphatic carbocycles. The summed E-state index contributed by atoms with van der Waals surface area (Å²) in [4.78, 5) is 27.1. The van der Waals surface area contributed by atoms with Crippen LogP contribution in [0.15, 0.2) is 23.0 Å². The maximum atomic E-state index is 12.6. The molecule has 2 fully saturated rings. The van der Waals surface area contributed by atoms with Crippen molar-refractivity contribution in [2.24, 2.45) is 7.05 Å². The van der Waals surface area contributed by atoms with Crippen LogP contribution in [0.3, 0.4) is 0 Å². The first-order chi connectivity index (χ1) is 14.5. The smallest absolute Gasteiger partial charge is 0.345 e. The van der Waals surface area contributed by atoms with Crippen molar-refractivity contribution in [1.82, 2.24) is 19.2 Å². The molecule has 1 aromatic carbocycles. The van der Waals surface area contributed by atoms with Gasteiger partial charge in [-0.15, -0.1) is 0 Å². The lowest BCUT2D eigenvalue weighted by Crippen LogP contribution is -2.39. The Morgan fingerprint density at radius 1 is 1.17 bits per heavy atom. The predicted octanol–water partition coefficient (Wildman–Crippen LogP) is 1.75. The quantitative estimate of drug-likeness (QED) is 0.741. The van der Waals surface area contributed by atoms with Gasteiger partial charge >= 0.3 is 5.69 Å². The molecule has 9 nitrogen and oxygen atoms in total. The number of ether oxygens (including phenoxy) is 2. The van der Waals surface area contributed by atoms with E-state index in [9.17, 15) is 9.59 Å². The van der Waals surface area contributed by atoms with Crippen LogP contribution in [-0.4, -0.2) is 59.0 Å². The van der Waals surface area contributed by atoms with Crippen molar-refractivity contribution in [3.63, 3.8) is 0 Å². The second-order valence-corrected chi connectivity index (χ2v) is 8.03. The van der Waals surface area contributed by atoms with Crippen LogP contribution >= 0.6 is 0 Å². The number of aromatic nitrogens is 3. The minimum Gasteiger partial charge on any atom is -0.497 e. The van der Waals surface area contributed by atoms with Crippen molar-refractivity contribution in [3.8, 4) is 11.5 Å². The molecule has 1 saturated carbocycles. The van der Waals surface area contributed by atoms with E-state index in [2.05, 4.69) is 15.3 Å². The summed E-state index contributed by atoms with van der Waals surface area (Å²) in [6.07, 6.45) is 3.90. The van der Waals surface area contributed by atoms with Gasteiger partial charge in [-0.1, -0.05) is 0 Å². The number of benzene rings is 1. The Morgan fingerprint density at radius 3 is 2.53 bits per heavy atom. The number of piperidine rings is 1. The SMILES string of the molecule is COc1ccc(OC)c(NC(=O)CN2CCC(c3nn(C)c(=O)n3C3CC3)CC2)c1. The monoisotopic (exact) mass is 415 g/mol. The summed E-state index contributed by atoms with van der Waals surface area (Å²) in [5, 5.41) is 7.44. The van der Waals surface area contributed by atoms with Gasteiger partial charge in [0.25, 0.3) is 0 Å². The number of anilines is 1. The highest BCUT2D eigenvalue weighted by molar-refractivity contribution is 5.94. The number of carbonyl (C=O) groups is 1. The van der Waals surface area contributed by atoms with Crippen LogP contribution in [0.1, 0.15) is 43.5 Å².